The maximum Gasteiger partial charge on any atom is 0.159 e. The zero-order valence-corrected chi connectivity index (χ0v) is 10.8. The number of halogens is 1. The fourth-order valence-corrected chi connectivity index (χ4v) is 2.17. The molecule has 1 saturated heterocycles. The van der Waals surface area contributed by atoms with Crippen molar-refractivity contribution in [3.05, 3.63) is 34.9 Å². The topological polar surface area (TPSA) is 68.3 Å². The minimum Gasteiger partial charge on any atom is -0.385 e. The first-order valence-electron chi connectivity index (χ1n) is 6.03. The Balaban J connectivity index is 2.10. The molecule has 1 fully saturated rings. The normalized spacial score (nSPS) is 21.5. The number of nitrogens with two attached hydrogens (primary N) is 1. The molecule has 0 spiro atoms. The first-order chi connectivity index (χ1) is 8.66. The van der Waals surface area contributed by atoms with Gasteiger partial charge < -0.3 is 15.2 Å². The highest BCUT2D eigenvalue weighted by molar-refractivity contribution is 6.30. The molecular weight excluding hydrogens is 252 g/mol. The Morgan fingerprint density at radius 2 is 2.33 bits per heavy atom. The maximum absolute atomic E-state index is 7.63. The number of benzene rings is 1. The second-order valence-corrected chi connectivity index (χ2v) is 4.76. The number of ether oxygens (including phenoxy) is 2. The standard InChI is InChI=1S/C13H17ClN2O2/c14-10-5-3-4-9(8-10)12(13(15)16)18-11-6-1-2-7-17-11/h3-5,8,11-12H,1-2,6-7H2,(H3,15,16)/t11-,12-/m0/s1. The van der Waals surface area contributed by atoms with Gasteiger partial charge in [-0.05, 0) is 37.0 Å². The second kappa shape index (κ2) is 6.18. The van der Waals surface area contributed by atoms with E-state index >= 15 is 0 Å². The lowest BCUT2D eigenvalue weighted by Gasteiger charge is -2.27. The first kappa shape index (κ1) is 13.3. The van der Waals surface area contributed by atoms with Crippen LogP contribution in [0, 0.1) is 5.41 Å². The molecule has 1 aromatic rings. The smallest absolute Gasteiger partial charge is 0.159 e. The van der Waals surface area contributed by atoms with E-state index in [1.807, 2.05) is 12.1 Å². The van der Waals surface area contributed by atoms with Crippen LogP contribution in [0.25, 0.3) is 0 Å². The molecule has 1 aliphatic rings. The van der Waals surface area contributed by atoms with E-state index in [1.54, 1.807) is 12.1 Å². The third-order valence-electron chi connectivity index (χ3n) is 2.86. The Labute approximate surface area is 112 Å². The molecule has 0 radical (unpaired) electrons. The van der Waals surface area contributed by atoms with E-state index in [0.717, 1.165) is 24.8 Å². The maximum atomic E-state index is 7.63. The molecule has 5 heteroatoms. The number of amidine groups is 1. The first-order valence-corrected chi connectivity index (χ1v) is 6.41. The van der Waals surface area contributed by atoms with Crippen molar-refractivity contribution in [2.45, 2.75) is 31.7 Å². The Hall–Kier alpha value is -1.10. The molecule has 1 heterocycles. The van der Waals surface area contributed by atoms with Crippen LogP contribution in [-0.2, 0) is 9.47 Å². The minimum absolute atomic E-state index is 0.0357. The van der Waals surface area contributed by atoms with Gasteiger partial charge in [0.15, 0.2) is 6.29 Å². The summed E-state index contributed by atoms with van der Waals surface area (Å²) in [5.74, 6) is -0.0357. The van der Waals surface area contributed by atoms with Gasteiger partial charge in [0, 0.05) is 11.6 Å². The van der Waals surface area contributed by atoms with Crippen LogP contribution in [0.1, 0.15) is 30.9 Å². The van der Waals surface area contributed by atoms with Crippen LogP contribution in [0.4, 0.5) is 0 Å². The summed E-state index contributed by atoms with van der Waals surface area (Å²) >= 11 is 5.94. The van der Waals surface area contributed by atoms with E-state index in [2.05, 4.69) is 0 Å². The molecule has 2 atom stereocenters. The van der Waals surface area contributed by atoms with Crippen molar-refractivity contribution >= 4 is 17.4 Å². The average Bonchev–Trinajstić information content (AvgIpc) is 2.37. The van der Waals surface area contributed by atoms with Crippen molar-refractivity contribution in [1.82, 2.24) is 0 Å². The van der Waals surface area contributed by atoms with Gasteiger partial charge in [-0.2, -0.15) is 0 Å². The summed E-state index contributed by atoms with van der Waals surface area (Å²) in [6, 6.07) is 7.20. The lowest BCUT2D eigenvalue weighted by atomic mass is 10.1. The van der Waals surface area contributed by atoms with Crippen molar-refractivity contribution in [1.29, 1.82) is 5.41 Å². The zero-order chi connectivity index (χ0) is 13.0. The van der Waals surface area contributed by atoms with Crippen LogP contribution in [-0.4, -0.2) is 18.7 Å². The van der Waals surface area contributed by atoms with Gasteiger partial charge in [0.05, 0.1) is 0 Å². The third kappa shape index (κ3) is 3.45. The highest BCUT2D eigenvalue weighted by Crippen LogP contribution is 2.25. The Bertz CT molecular complexity index is 419. The van der Waals surface area contributed by atoms with Gasteiger partial charge in [-0.1, -0.05) is 23.7 Å². The summed E-state index contributed by atoms with van der Waals surface area (Å²) in [5, 5.41) is 8.24. The molecule has 1 aliphatic heterocycles. The number of nitrogens with one attached hydrogen (secondary N) is 1. The number of hydrogen-bond acceptors (Lipinski definition) is 3. The van der Waals surface area contributed by atoms with Gasteiger partial charge in [-0.25, -0.2) is 0 Å². The van der Waals surface area contributed by atoms with Crippen LogP contribution in [0.3, 0.4) is 0 Å². The molecular formula is C13H17ClN2O2. The van der Waals surface area contributed by atoms with Crippen LogP contribution >= 0.6 is 11.6 Å². The lowest BCUT2D eigenvalue weighted by Crippen LogP contribution is -2.30. The average molecular weight is 269 g/mol. The Morgan fingerprint density at radius 3 is 2.94 bits per heavy atom. The molecule has 2 rings (SSSR count). The van der Waals surface area contributed by atoms with E-state index in [9.17, 15) is 0 Å². The van der Waals surface area contributed by atoms with Crippen LogP contribution in [0.15, 0.2) is 24.3 Å². The summed E-state index contributed by atoms with van der Waals surface area (Å²) in [6.45, 7) is 0.699. The molecule has 3 N–H and O–H groups in total. The van der Waals surface area contributed by atoms with Crippen LogP contribution < -0.4 is 5.73 Å². The molecule has 0 aliphatic carbocycles. The molecule has 18 heavy (non-hydrogen) atoms. The van der Waals surface area contributed by atoms with E-state index < -0.39 is 6.10 Å². The largest absolute Gasteiger partial charge is 0.385 e. The van der Waals surface area contributed by atoms with Crippen molar-refractivity contribution in [2.24, 2.45) is 5.73 Å². The van der Waals surface area contributed by atoms with Gasteiger partial charge in [0.1, 0.15) is 11.9 Å². The zero-order valence-electron chi connectivity index (χ0n) is 10.1. The lowest BCUT2D eigenvalue weighted by molar-refractivity contribution is -0.176. The highest BCUT2D eigenvalue weighted by atomic mass is 35.5. The summed E-state index contributed by atoms with van der Waals surface area (Å²) < 4.78 is 11.3. The van der Waals surface area contributed by atoms with Crippen molar-refractivity contribution in [3.8, 4) is 0 Å². The monoisotopic (exact) mass is 268 g/mol. The summed E-state index contributed by atoms with van der Waals surface area (Å²) in [5.41, 5.74) is 6.38. The van der Waals surface area contributed by atoms with E-state index in [0.29, 0.717) is 11.6 Å². The predicted molar refractivity (Wildman–Crippen MR) is 70.8 cm³/mol. The third-order valence-corrected chi connectivity index (χ3v) is 3.09. The van der Waals surface area contributed by atoms with E-state index in [4.69, 9.17) is 32.2 Å². The van der Waals surface area contributed by atoms with Gasteiger partial charge in [-0.15, -0.1) is 0 Å². The fraction of sp³-hybridized carbons (Fsp3) is 0.462. The highest BCUT2D eigenvalue weighted by Gasteiger charge is 2.23. The molecule has 0 unspecified atom stereocenters. The molecule has 0 aromatic heterocycles. The van der Waals surface area contributed by atoms with Gasteiger partial charge in [0.2, 0.25) is 0 Å². The molecule has 0 bridgehead atoms. The quantitative estimate of drug-likeness (QED) is 0.652. The molecule has 0 saturated carbocycles. The van der Waals surface area contributed by atoms with Gasteiger partial charge in [0.25, 0.3) is 0 Å². The Morgan fingerprint density at radius 1 is 1.50 bits per heavy atom. The summed E-state index contributed by atoms with van der Waals surface area (Å²) in [7, 11) is 0. The molecule has 4 nitrogen and oxygen atoms in total. The SMILES string of the molecule is N=C(N)[C@@H](O[C@H]1CCCCO1)c1cccc(Cl)c1. The van der Waals surface area contributed by atoms with Crippen molar-refractivity contribution < 1.29 is 9.47 Å². The summed E-state index contributed by atoms with van der Waals surface area (Å²) in [4.78, 5) is 0. The van der Waals surface area contributed by atoms with Crippen molar-refractivity contribution in [2.75, 3.05) is 6.61 Å². The van der Waals surface area contributed by atoms with Crippen LogP contribution in [0.5, 0.6) is 0 Å². The summed E-state index contributed by atoms with van der Waals surface area (Å²) in [6.07, 6.45) is 2.09. The van der Waals surface area contributed by atoms with Gasteiger partial charge in [-0.3, -0.25) is 5.41 Å². The fourth-order valence-electron chi connectivity index (χ4n) is 1.97. The van der Waals surface area contributed by atoms with E-state index in [1.165, 1.54) is 0 Å². The number of rotatable bonds is 4. The predicted octanol–water partition coefficient (Wildman–Crippen LogP) is 2.86. The minimum atomic E-state index is -0.591. The Kier molecular flexibility index (Phi) is 4.58. The number of hydrogen-bond donors (Lipinski definition) is 2. The van der Waals surface area contributed by atoms with E-state index in [-0.39, 0.29) is 12.1 Å². The molecule has 98 valence electrons. The van der Waals surface area contributed by atoms with Gasteiger partial charge >= 0.3 is 0 Å². The molecule has 1 aromatic carbocycles. The van der Waals surface area contributed by atoms with Crippen molar-refractivity contribution in [3.63, 3.8) is 0 Å². The van der Waals surface area contributed by atoms with Crippen LogP contribution in [0.2, 0.25) is 5.02 Å². The second-order valence-electron chi connectivity index (χ2n) is 4.32. The molecule has 0 amide bonds.